The van der Waals surface area contributed by atoms with Crippen molar-refractivity contribution in [3.05, 3.63) is 10.1 Å². The molecule has 5 nitrogen and oxygen atoms in total. The van der Waals surface area contributed by atoms with E-state index in [0.717, 1.165) is 0 Å². The number of hydrogen-bond acceptors (Lipinski definition) is 3. The fourth-order valence-corrected chi connectivity index (χ4v) is 0.175. The van der Waals surface area contributed by atoms with Gasteiger partial charge in [0.25, 0.3) is 0 Å². The van der Waals surface area contributed by atoms with Crippen molar-refractivity contribution in [2.75, 3.05) is 13.6 Å². The summed E-state index contributed by atoms with van der Waals surface area (Å²) in [5.74, 6) is 0. The van der Waals surface area contributed by atoms with Crippen LogP contribution in [0.5, 0.6) is 0 Å². The van der Waals surface area contributed by atoms with Crippen molar-refractivity contribution >= 4 is 6.29 Å². The molecule has 0 fully saturated rings. The van der Waals surface area contributed by atoms with Crippen molar-refractivity contribution in [2.24, 2.45) is 0 Å². The van der Waals surface area contributed by atoms with Gasteiger partial charge >= 0.3 is 29.6 Å². The van der Waals surface area contributed by atoms with Crippen LogP contribution in [0.25, 0.3) is 0 Å². The average molecular weight is 142 g/mol. The SMILES string of the molecule is CN(CC=O)[N+](=O)[O-].[H-].[Na+]. The van der Waals surface area contributed by atoms with Gasteiger partial charge in [-0.25, -0.2) is 10.1 Å². The molecule has 0 amide bonds. The first kappa shape index (κ1) is 11.6. The van der Waals surface area contributed by atoms with E-state index in [-0.39, 0.29) is 37.5 Å². The number of likely N-dealkylation sites (N-methyl/N-ethyl adjacent to an activating group) is 1. The van der Waals surface area contributed by atoms with Gasteiger partial charge in [0.2, 0.25) is 0 Å². The van der Waals surface area contributed by atoms with Gasteiger partial charge < -0.3 is 6.22 Å². The maximum absolute atomic E-state index is 9.66. The number of hydrogen-bond donors (Lipinski definition) is 0. The maximum Gasteiger partial charge on any atom is 1.00 e. The van der Waals surface area contributed by atoms with E-state index in [4.69, 9.17) is 0 Å². The fourth-order valence-electron chi connectivity index (χ4n) is 0.175. The molecule has 0 spiro atoms. The van der Waals surface area contributed by atoms with E-state index in [1.54, 1.807) is 0 Å². The Hall–Kier alpha value is -0.130. The fraction of sp³-hybridized carbons (Fsp3) is 0.667. The largest absolute Gasteiger partial charge is 1.00 e. The van der Waals surface area contributed by atoms with Crippen molar-refractivity contribution < 1.29 is 40.8 Å². The van der Waals surface area contributed by atoms with Crippen LogP contribution in [0.1, 0.15) is 1.43 Å². The second kappa shape index (κ2) is 6.00. The van der Waals surface area contributed by atoms with E-state index in [9.17, 15) is 14.9 Å². The molecule has 0 aliphatic carbocycles. The Balaban J connectivity index is -0.000000245. The molecule has 0 N–H and O–H groups in total. The first-order valence-corrected chi connectivity index (χ1v) is 1.97. The van der Waals surface area contributed by atoms with Crippen LogP contribution in [-0.2, 0) is 4.79 Å². The van der Waals surface area contributed by atoms with Crippen LogP contribution < -0.4 is 29.6 Å². The summed E-state index contributed by atoms with van der Waals surface area (Å²) in [6.45, 7) is -0.160. The third-order valence-electron chi connectivity index (χ3n) is 0.618. The van der Waals surface area contributed by atoms with Crippen molar-refractivity contribution in [1.82, 2.24) is 5.01 Å². The van der Waals surface area contributed by atoms with Crippen molar-refractivity contribution in [3.8, 4) is 0 Å². The zero-order chi connectivity index (χ0) is 6.57. The molecule has 0 aromatic rings. The molecule has 0 aliphatic heterocycles. The molecule has 0 aromatic carbocycles. The predicted molar refractivity (Wildman–Crippen MR) is 26.8 cm³/mol. The normalized spacial score (nSPS) is 7.22. The van der Waals surface area contributed by atoms with E-state index in [1.807, 2.05) is 0 Å². The molecular weight excluding hydrogens is 135 g/mol. The van der Waals surface area contributed by atoms with Crippen LogP contribution in [0.3, 0.4) is 0 Å². The van der Waals surface area contributed by atoms with Gasteiger partial charge in [-0.05, 0) is 0 Å². The Morgan fingerprint density at radius 1 is 1.89 bits per heavy atom. The molecule has 0 heterocycles. The molecule has 0 saturated carbocycles. The van der Waals surface area contributed by atoms with Gasteiger partial charge in [0.05, 0.1) is 7.05 Å². The Morgan fingerprint density at radius 2 is 2.33 bits per heavy atom. The van der Waals surface area contributed by atoms with Gasteiger partial charge in [-0.2, -0.15) is 0 Å². The molecule has 0 atom stereocenters. The summed E-state index contributed by atoms with van der Waals surface area (Å²) in [7, 11) is 1.23. The summed E-state index contributed by atoms with van der Waals surface area (Å²) >= 11 is 0. The monoisotopic (exact) mass is 142 g/mol. The van der Waals surface area contributed by atoms with Crippen molar-refractivity contribution in [3.63, 3.8) is 0 Å². The van der Waals surface area contributed by atoms with Crippen LogP contribution in [0, 0.1) is 10.1 Å². The van der Waals surface area contributed by atoms with Crippen LogP contribution in [0.15, 0.2) is 0 Å². The molecule has 48 valence electrons. The van der Waals surface area contributed by atoms with Gasteiger partial charge in [-0.1, -0.05) is 0 Å². The molecule has 6 heteroatoms. The molecule has 0 bridgehead atoms. The van der Waals surface area contributed by atoms with Crippen LogP contribution in [0.4, 0.5) is 0 Å². The van der Waals surface area contributed by atoms with Crippen LogP contribution in [0.2, 0.25) is 0 Å². The number of hydrazine groups is 1. The number of nitrogens with zero attached hydrogens (tertiary/aromatic N) is 2. The predicted octanol–water partition coefficient (Wildman–Crippen LogP) is -3.57. The van der Waals surface area contributed by atoms with E-state index < -0.39 is 5.03 Å². The van der Waals surface area contributed by atoms with Crippen LogP contribution >= 0.6 is 0 Å². The molecule has 0 unspecified atom stereocenters. The Labute approximate surface area is 75.9 Å². The van der Waals surface area contributed by atoms with E-state index in [2.05, 4.69) is 0 Å². The van der Waals surface area contributed by atoms with Gasteiger partial charge in [0, 0.05) is 0 Å². The first-order valence-electron chi connectivity index (χ1n) is 1.97. The van der Waals surface area contributed by atoms with Gasteiger partial charge in [-0.15, -0.1) is 5.01 Å². The van der Waals surface area contributed by atoms with E-state index >= 15 is 0 Å². The van der Waals surface area contributed by atoms with Crippen LogP contribution in [-0.4, -0.2) is 29.9 Å². The summed E-state index contributed by atoms with van der Waals surface area (Å²) in [5.41, 5.74) is 0. The summed E-state index contributed by atoms with van der Waals surface area (Å²) in [6, 6.07) is 0. The molecule has 0 saturated heterocycles. The minimum Gasteiger partial charge on any atom is -1.00 e. The number of aldehydes is 1. The second-order valence-electron chi connectivity index (χ2n) is 1.24. The van der Waals surface area contributed by atoms with E-state index in [0.29, 0.717) is 11.3 Å². The molecule has 0 aliphatic rings. The second-order valence-corrected chi connectivity index (χ2v) is 1.24. The minimum absolute atomic E-state index is 0. The molecular formula is C3H7N2NaO3. The number of carbonyl (C=O) groups is 1. The summed E-state index contributed by atoms with van der Waals surface area (Å²) in [6.07, 6.45) is 0.475. The maximum atomic E-state index is 9.66. The van der Waals surface area contributed by atoms with Crippen molar-refractivity contribution in [2.45, 2.75) is 0 Å². The Bertz CT molecular complexity index is 112. The Morgan fingerprint density at radius 3 is 2.44 bits per heavy atom. The molecule has 0 rings (SSSR count). The molecule has 9 heavy (non-hydrogen) atoms. The molecule has 0 aromatic heterocycles. The summed E-state index contributed by atoms with van der Waals surface area (Å²) in [4.78, 5) is 19.2. The van der Waals surface area contributed by atoms with E-state index in [1.165, 1.54) is 7.05 Å². The third kappa shape index (κ3) is 5.75. The smallest absolute Gasteiger partial charge is 1.00 e. The average Bonchev–Trinajstić information content (AvgIpc) is 1.67. The number of rotatable bonds is 3. The number of nitro groups is 1. The van der Waals surface area contributed by atoms with Gasteiger partial charge in [-0.3, -0.25) is 0 Å². The first-order chi connectivity index (χ1) is 3.68. The quantitative estimate of drug-likeness (QED) is 0.177. The third-order valence-corrected chi connectivity index (χ3v) is 0.618. The van der Waals surface area contributed by atoms with Gasteiger partial charge in [0.1, 0.15) is 12.8 Å². The Kier molecular flexibility index (Phi) is 7.76. The van der Waals surface area contributed by atoms with Gasteiger partial charge in [0.15, 0.2) is 5.03 Å². The zero-order valence-corrected chi connectivity index (χ0v) is 7.40. The standard InChI is InChI=1S/C3H6N2O3.Na.H/c1-4(2-3-6)5(7)8;;/h3H,2H2,1H3;;/q;+1;-1. The summed E-state index contributed by atoms with van der Waals surface area (Å²) < 4.78 is 0. The minimum atomic E-state index is -0.644. The molecule has 0 radical (unpaired) electrons. The zero-order valence-electron chi connectivity index (χ0n) is 6.40. The summed E-state index contributed by atoms with van der Waals surface area (Å²) in [5, 5.41) is 9.72. The van der Waals surface area contributed by atoms with Crippen molar-refractivity contribution in [1.29, 1.82) is 0 Å². The topological polar surface area (TPSA) is 63.5 Å². The number of carbonyl (C=O) groups excluding carboxylic acids is 1.